The Labute approximate surface area is 170 Å². The third kappa shape index (κ3) is 5.40. The van der Waals surface area contributed by atoms with Gasteiger partial charge in [-0.05, 0) is 43.2 Å². The van der Waals surface area contributed by atoms with Gasteiger partial charge in [0, 0.05) is 24.4 Å². The summed E-state index contributed by atoms with van der Waals surface area (Å²) in [6.07, 6.45) is 5.74. The van der Waals surface area contributed by atoms with Crippen molar-refractivity contribution in [3.05, 3.63) is 59.9 Å². The molecule has 1 heterocycles. The Morgan fingerprint density at radius 3 is 2.52 bits per heavy atom. The van der Waals surface area contributed by atoms with E-state index in [1.165, 1.54) is 6.92 Å². The van der Waals surface area contributed by atoms with Crippen molar-refractivity contribution in [3.63, 3.8) is 0 Å². The zero-order chi connectivity index (χ0) is 20.7. The normalized spacial score (nSPS) is 15.2. The minimum atomic E-state index is -0.888. The van der Waals surface area contributed by atoms with Crippen LogP contribution in [0.3, 0.4) is 0 Å². The van der Waals surface area contributed by atoms with E-state index in [2.05, 4.69) is 20.9 Å². The number of aromatic nitrogens is 1. The molecule has 0 unspecified atom stereocenters. The van der Waals surface area contributed by atoms with E-state index in [4.69, 9.17) is 0 Å². The van der Waals surface area contributed by atoms with Crippen LogP contribution in [0.15, 0.2) is 48.7 Å². The van der Waals surface area contributed by atoms with Crippen LogP contribution >= 0.6 is 0 Å². The number of carbonyl (C=O) groups is 3. The number of benzene rings is 1. The summed E-state index contributed by atoms with van der Waals surface area (Å²) in [6, 6.07) is 12.3. The lowest BCUT2D eigenvalue weighted by molar-refractivity contribution is -0.130. The van der Waals surface area contributed by atoms with Gasteiger partial charge in [0.1, 0.15) is 5.54 Å². The van der Waals surface area contributed by atoms with Crippen molar-refractivity contribution in [2.45, 2.75) is 51.1 Å². The van der Waals surface area contributed by atoms with Crippen LogP contribution in [0.25, 0.3) is 0 Å². The number of anilines is 1. The minimum absolute atomic E-state index is 0.218. The van der Waals surface area contributed by atoms with Crippen LogP contribution in [-0.4, -0.2) is 28.2 Å². The highest BCUT2D eigenvalue weighted by Crippen LogP contribution is 2.29. The Kier molecular flexibility index (Phi) is 6.59. The molecular weight excluding hydrogens is 368 g/mol. The Bertz CT molecular complexity index is 877. The van der Waals surface area contributed by atoms with Crippen LogP contribution < -0.4 is 16.0 Å². The standard InChI is InChI=1S/C22H26N4O3/c1-16(27)26-22(11-4-2-5-12-22)21(29)25-18-10-7-8-17(14-18)20(28)24-15-19-9-3-6-13-23-19/h3,6-10,13-14H,2,4-5,11-12,15H2,1H3,(H,24,28)(H,25,29)(H,26,27). The molecule has 1 saturated carbocycles. The lowest BCUT2D eigenvalue weighted by Gasteiger charge is -2.36. The van der Waals surface area contributed by atoms with Gasteiger partial charge in [0.25, 0.3) is 5.91 Å². The predicted octanol–water partition coefficient (Wildman–Crippen LogP) is 2.79. The largest absolute Gasteiger partial charge is 0.346 e. The molecule has 0 bridgehead atoms. The van der Waals surface area contributed by atoms with Crippen LogP contribution in [0.1, 0.15) is 55.1 Å². The van der Waals surface area contributed by atoms with Crippen molar-refractivity contribution in [2.75, 3.05) is 5.32 Å². The number of amides is 3. The van der Waals surface area contributed by atoms with Gasteiger partial charge in [-0.25, -0.2) is 0 Å². The molecule has 1 fully saturated rings. The lowest BCUT2D eigenvalue weighted by Crippen LogP contribution is -2.57. The van der Waals surface area contributed by atoms with E-state index in [9.17, 15) is 14.4 Å². The molecule has 0 radical (unpaired) electrons. The second-order valence-corrected chi connectivity index (χ2v) is 7.36. The van der Waals surface area contributed by atoms with E-state index in [0.29, 0.717) is 30.6 Å². The van der Waals surface area contributed by atoms with Crippen molar-refractivity contribution in [1.29, 1.82) is 0 Å². The number of nitrogens with one attached hydrogen (secondary N) is 3. The molecule has 1 aliphatic carbocycles. The Morgan fingerprint density at radius 2 is 1.83 bits per heavy atom. The maximum absolute atomic E-state index is 13.0. The Balaban J connectivity index is 1.67. The molecule has 0 spiro atoms. The number of nitrogens with zero attached hydrogens (tertiary/aromatic N) is 1. The van der Waals surface area contributed by atoms with Gasteiger partial charge in [-0.1, -0.05) is 31.4 Å². The molecule has 7 heteroatoms. The second-order valence-electron chi connectivity index (χ2n) is 7.36. The van der Waals surface area contributed by atoms with E-state index in [-0.39, 0.29) is 17.7 Å². The molecule has 1 aromatic carbocycles. The maximum atomic E-state index is 13.0. The molecule has 3 rings (SSSR count). The average molecular weight is 394 g/mol. The molecule has 0 saturated heterocycles. The molecule has 2 aromatic rings. The SMILES string of the molecule is CC(=O)NC1(C(=O)Nc2cccc(C(=O)NCc3ccccn3)c2)CCCCC1. The van der Waals surface area contributed by atoms with Crippen LogP contribution in [0.4, 0.5) is 5.69 Å². The first-order chi connectivity index (χ1) is 14.0. The number of carbonyl (C=O) groups excluding carboxylic acids is 3. The van der Waals surface area contributed by atoms with Gasteiger partial charge >= 0.3 is 0 Å². The summed E-state index contributed by atoms with van der Waals surface area (Å²) in [6.45, 7) is 1.75. The fourth-order valence-electron chi connectivity index (χ4n) is 3.67. The summed E-state index contributed by atoms with van der Waals surface area (Å²) in [5.41, 5.74) is 0.841. The monoisotopic (exact) mass is 394 g/mol. The number of hydrogen-bond donors (Lipinski definition) is 3. The fraction of sp³-hybridized carbons (Fsp3) is 0.364. The van der Waals surface area contributed by atoms with E-state index >= 15 is 0 Å². The summed E-state index contributed by atoms with van der Waals surface area (Å²) in [5, 5.41) is 8.56. The zero-order valence-corrected chi connectivity index (χ0v) is 16.5. The molecule has 0 aliphatic heterocycles. The summed E-state index contributed by atoms with van der Waals surface area (Å²) in [5.74, 6) is -0.705. The van der Waals surface area contributed by atoms with Crippen molar-refractivity contribution >= 4 is 23.4 Å². The highest BCUT2D eigenvalue weighted by Gasteiger charge is 2.40. The Morgan fingerprint density at radius 1 is 1.03 bits per heavy atom. The highest BCUT2D eigenvalue weighted by molar-refractivity contribution is 6.02. The molecule has 0 atom stereocenters. The summed E-state index contributed by atoms with van der Waals surface area (Å²) in [4.78, 5) is 41.3. The predicted molar refractivity (Wildman–Crippen MR) is 110 cm³/mol. The van der Waals surface area contributed by atoms with Crippen molar-refractivity contribution in [1.82, 2.24) is 15.6 Å². The first-order valence-electron chi connectivity index (χ1n) is 9.87. The van der Waals surface area contributed by atoms with Crippen molar-refractivity contribution in [3.8, 4) is 0 Å². The van der Waals surface area contributed by atoms with E-state index in [1.807, 2.05) is 18.2 Å². The van der Waals surface area contributed by atoms with E-state index < -0.39 is 5.54 Å². The zero-order valence-electron chi connectivity index (χ0n) is 16.5. The van der Waals surface area contributed by atoms with Crippen LogP contribution in [0.5, 0.6) is 0 Å². The maximum Gasteiger partial charge on any atom is 0.251 e. The lowest BCUT2D eigenvalue weighted by atomic mass is 9.80. The fourth-order valence-corrected chi connectivity index (χ4v) is 3.67. The minimum Gasteiger partial charge on any atom is -0.346 e. The van der Waals surface area contributed by atoms with Gasteiger partial charge in [-0.2, -0.15) is 0 Å². The number of rotatable bonds is 6. The van der Waals surface area contributed by atoms with Gasteiger partial charge in [0.2, 0.25) is 11.8 Å². The van der Waals surface area contributed by atoms with Gasteiger partial charge in [-0.15, -0.1) is 0 Å². The summed E-state index contributed by atoms with van der Waals surface area (Å²) >= 11 is 0. The summed E-state index contributed by atoms with van der Waals surface area (Å²) < 4.78 is 0. The molecule has 3 amide bonds. The van der Waals surface area contributed by atoms with E-state index in [0.717, 1.165) is 25.0 Å². The van der Waals surface area contributed by atoms with Crippen molar-refractivity contribution < 1.29 is 14.4 Å². The Hall–Kier alpha value is -3.22. The molecule has 29 heavy (non-hydrogen) atoms. The van der Waals surface area contributed by atoms with Gasteiger partial charge in [-0.3, -0.25) is 19.4 Å². The molecule has 152 valence electrons. The van der Waals surface area contributed by atoms with E-state index in [1.54, 1.807) is 30.5 Å². The average Bonchev–Trinajstić information content (AvgIpc) is 2.73. The third-order valence-corrected chi connectivity index (χ3v) is 5.10. The smallest absolute Gasteiger partial charge is 0.251 e. The number of pyridine rings is 1. The van der Waals surface area contributed by atoms with Crippen molar-refractivity contribution in [2.24, 2.45) is 0 Å². The molecule has 1 aliphatic rings. The third-order valence-electron chi connectivity index (χ3n) is 5.10. The molecule has 3 N–H and O–H groups in total. The molecular formula is C22H26N4O3. The van der Waals surface area contributed by atoms with Crippen LogP contribution in [-0.2, 0) is 16.1 Å². The highest BCUT2D eigenvalue weighted by atomic mass is 16.2. The summed E-state index contributed by atoms with van der Waals surface area (Å²) in [7, 11) is 0. The molecule has 7 nitrogen and oxygen atoms in total. The first kappa shape index (κ1) is 20.5. The first-order valence-corrected chi connectivity index (χ1v) is 9.87. The second kappa shape index (κ2) is 9.32. The van der Waals surface area contributed by atoms with Gasteiger partial charge in [0.05, 0.1) is 12.2 Å². The molecule has 1 aromatic heterocycles. The van der Waals surface area contributed by atoms with Gasteiger partial charge < -0.3 is 16.0 Å². The van der Waals surface area contributed by atoms with Crippen LogP contribution in [0, 0.1) is 0 Å². The number of hydrogen-bond acceptors (Lipinski definition) is 4. The topological polar surface area (TPSA) is 100 Å². The van der Waals surface area contributed by atoms with Gasteiger partial charge in [0.15, 0.2) is 0 Å². The quantitative estimate of drug-likeness (QED) is 0.701. The van der Waals surface area contributed by atoms with Crippen LogP contribution in [0.2, 0.25) is 0 Å².